The molecule has 1 unspecified atom stereocenters. The van der Waals surface area contributed by atoms with Gasteiger partial charge in [0, 0.05) is 19.8 Å². The zero-order valence-electron chi connectivity index (χ0n) is 10.4. The van der Waals surface area contributed by atoms with E-state index >= 15 is 0 Å². The highest BCUT2D eigenvalue weighted by molar-refractivity contribution is 5.30. The molecule has 94 valence electrons. The fourth-order valence-corrected chi connectivity index (χ4v) is 2.65. The Labute approximate surface area is 103 Å². The van der Waals surface area contributed by atoms with Gasteiger partial charge < -0.3 is 15.2 Å². The predicted molar refractivity (Wildman–Crippen MR) is 68.3 cm³/mol. The molecule has 1 aliphatic heterocycles. The lowest BCUT2D eigenvalue weighted by Gasteiger charge is -2.30. The molecule has 0 spiro atoms. The molecule has 1 fully saturated rings. The van der Waals surface area contributed by atoms with E-state index in [2.05, 4.69) is 11.4 Å². The van der Waals surface area contributed by atoms with Gasteiger partial charge in [-0.25, -0.2) is 0 Å². The lowest BCUT2D eigenvalue weighted by molar-refractivity contribution is 0.0579. The number of nitrogens with one attached hydrogen (secondary N) is 1. The molecule has 0 bridgehead atoms. The molecule has 1 aromatic carbocycles. The van der Waals surface area contributed by atoms with Gasteiger partial charge in [0.15, 0.2) is 0 Å². The highest BCUT2D eigenvalue weighted by Crippen LogP contribution is 2.32. The first-order chi connectivity index (χ1) is 8.31. The van der Waals surface area contributed by atoms with E-state index in [1.807, 2.05) is 19.2 Å². The average molecular weight is 235 g/mol. The molecule has 1 saturated heterocycles. The number of benzene rings is 1. The van der Waals surface area contributed by atoms with Gasteiger partial charge in [0.25, 0.3) is 0 Å². The first-order valence-corrected chi connectivity index (χ1v) is 6.32. The zero-order valence-corrected chi connectivity index (χ0v) is 10.4. The summed E-state index contributed by atoms with van der Waals surface area (Å²) in [5.41, 5.74) is 1.23. The number of phenols is 1. The lowest BCUT2D eigenvalue weighted by Crippen LogP contribution is -2.28. The largest absolute Gasteiger partial charge is 0.508 e. The number of ether oxygens (including phenoxy) is 1. The number of likely N-dealkylation sites (N-methyl/N-ethyl adjacent to an activating group) is 1. The molecule has 0 saturated carbocycles. The summed E-state index contributed by atoms with van der Waals surface area (Å²) < 4.78 is 5.42. The summed E-state index contributed by atoms with van der Waals surface area (Å²) in [6.45, 7) is 2.68. The van der Waals surface area contributed by atoms with Gasteiger partial charge in [-0.1, -0.05) is 12.1 Å². The molecular weight excluding hydrogens is 214 g/mol. The molecule has 0 aromatic heterocycles. The SMILES string of the molecule is CNCC(c1cccc(O)c1)C1CCOCC1. The van der Waals surface area contributed by atoms with Gasteiger partial charge in [-0.05, 0) is 49.4 Å². The van der Waals surface area contributed by atoms with Crippen LogP contribution < -0.4 is 5.32 Å². The van der Waals surface area contributed by atoms with Crippen molar-refractivity contribution in [2.24, 2.45) is 5.92 Å². The van der Waals surface area contributed by atoms with Crippen molar-refractivity contribution in [1.82, 2.24) is 5.32 Å². The Morgan fingerprint density at radius 1 is 1.41 bits per heavy atom. The summed E-state index contributed by atoms with van der Waals surface area (Å²) in [5, 5.41) is 12.8. The van der Waals surface area contributed by atoms with Crippen LogP contribution in [0, 0.1) is 5.92 Å². The molecule has 2 rings (SSSR count). The van der Waals surface area contributed by atoms with Gasteiger partial charge in [0.1, 0.15) is 5.75 Å². The molecule has 3 nitrogen and oxygen atoms in total. The van der Waals surface area contributed by atoms with Gasteiger partial charge in [0.05, 0.1) is 0 Å². The van der Waals surface area contributed by atoms with Crippen molar-refractivity contribution in [3.8, 4) is 5.75 Å². The Morgan fingerprint density at radius 3 is 2.82 bits per heavy atom. The molecule has 1 atom stereocenters. The van der Waals surface area contributed by atoms with Crippen molar-refractivity contribution in [3.63, 3.8) is 0 Å². The monoisotopic (exact) mass is 235 g/mol. The standard InChI is InChI=1S/C14H21NO2/c1-15-10-14(11-5-7-17-8-6-11)12-3-2-4-13(16)9-12/h2-4,9,11,14-16H,5-8,10H2,1H3. The van der Waals surface area contributed by atoms with E-state index in [1.54, 1.807) is 6.07 Å². The quantitative estimate of drug-likeness (QED) is 0.840. The van der Waals surface area contributed by atoms with Crippen LogP contribution in [0.5, 0.6) is 5.75 Å². The molecule has 0 radical (unpaired) electrons. The average Bonchev–Trinajstić information content (AvgIpc) is 2.37. The van der Waals surface area contributed by atoms with E-state index in [9.17, 15) is 5.11 Å². The second kappa shape index (κ2) is 6.03. The Hall–Kier alpha value is -1.06. The Morgan fingerprint density at radius 2 is 2.18 bits per heavy atom. The van der Waals surface area contributed by atoms with E-state index in [0.717, 1.165) is 32.6 Å². The predicted octanol–water partition coefficient (Wildman–Crippen LogP) is 2.12. The van der Waals surface area contributed by atoms with E-state index < -0.39 is 0 Å². The van der Waals surface area contributed by atoms with Crippen LogP contribution in [0.15, 0.2) is 24.3 Å². The smallest absolute Gasteiger partial charge is 0.115 e. The fraction of sp³-hybridized carbons (Fsp3) is 0.571. The number of phenolic OH excluding ortho intramolecular Hbond substituents is 1. The fourth-order valence-electron chi connectivity index (χ4n) is 2.65. The molecular formula is C14H21NO2. The van der Waals surface area contributed by atoms with E-state index in [4.69, 9.17) is 4.74 Å². The van der Waals surface area contributed by atoms with Crippen molar-refractivity contribution in [3.05, 3.63) is 29.8 Å². The minimum absolute atomic E-state index is 0.357. The normalized spacial score (nSPS) is 19.1. The topological polar surface area (TPSA) is 41.5 Å². The maximum atomic E-state index is 9.58. The van der Waals surface area contributed by atoms with Crippen LogP contribution in [0.4, 0.5) is 0 Å². The summed E-state index contributed by atoms with van der Waals surface area (Å²) in [7, 11) is 1.98. The maximum absolute atomic E-state index is 9.58. The molecule has 3 heteroatoms. The molecule has 1 aliphatic rings. The highest BCUT2D eigenvalue weighted by Gasteiger charge is 2.24. The molecule has 1 heterocycles. The first kappa shape index (κ1) is 12.4. The Kier molecular flexibility index (Phi) is 4.40. The molecule has 17 heavy (non-hydrogen) atoms. The zero-order chi connectivity index (χ0) is 12.1. The van der Waals surface area contributed by atoms with Crippen molar-refractivity contribution < 1.29 is 9.84 Å². The first-order valence-electron chi connectivity index (χ1n) is 6.32. The van der Waals surface area contributed by atoms with Crippen LogP contribution in [0.1, 0.15) is 24.3 Å². The maximum Gasteiger partial charge on any atom is 0.115 e. The van der Waals surface area contributed by atoms with Crippen molar-refractivity contribution in [2.75, 3.05) is 26.8 Å². The molecule has 1 aromatic rings. The van der Waals surface area contributed by atoms with E-state index in [-0.39, 0.29) is 0 Å². The van der Waals surface area contributed by atoms with Crippen LogP contribution in [-0.2, 0) is 4.74 Å². The number of hydrogen-bond acceptors (Lipinski definition) is 3. The van der Waals surface area contributed by atoms with Gasteiger partial charge in [-0.2, -0.15) is 0 Å². The summed E-state index contributed by atoms with van der Waals surface area (Å²) >= 11 is 0. The van der Waals surface area contributed by atoms with Gasteiger partial charge in [-0.3, -0.25) is 0 Å². The van der Waals surface area contributed by atoms with Crippen LogP contribution in [0.3, 0.4) is 0 Å². The third kappa shape index (κ3) is 3.20. The Bertz CT molecular complexity index is 348. The van der Waals surface area contributed by atoms with Crippen molar-refractivity contribution in [2.45, 2.75) is 18.8 Å². The van der Waals surface area contributed by atoms with Crippen LogP contribution in [0.25, 0.3) is 0 Å². The summed E-state index contributed by atoms with van der Waals surface area (Å²) in [6, 6.07) is 7.64. The van der Waals surface area contributed by atoms with E-state index in [1.165, 1.54) is 5.56 Å². The number of aromatic hydroxyl groups is 1. The van der Waals surface area contributed by atoms with Gasteiger partial charge in [0.2, 0.25) is 0 Å². The van der Waals surface area contributed by atoms with Crippen molar-refractivity contribution >= 4 is 0 Å². The molecule has 2 N–H and O–H groups in total. The number of hydrogen-bond donors (Lipinski definition) is 2. The molecule has 0 amide bonds. The minimum Gasteiger partial charge on any atom is -0.508 e. The third-order valence-corrected chi connectivity index (χ3v) is 3.56. The second-order valence-electron chi connectivity index (χ2n) is 4.71. The van der Waals surface area contributed by atoms with Crippen LogP contribution in [0.2, 0.25) is 0 Å². The third-order valence-electron chi connectivity index (χ3n) is 3.56. The Balaban J connectivity index is 2.15. The summed E-state index contributed by atoms with van der Waals surface area (Å²) in [5.74, 6) is 1.48. The highest BCUT2D eigenvalue weighted by atomic mass is 16.5. The van der Waals surface area contributed by atoms with Gasteiger partial charge >= 0.3 is 0 Å². The second-order valence-corrected chi connectivity index (χ2v) is 4.71. The number of rotatable bonds is 4. The van der Waals surface area contributed by atoms with Crippen LogP contribution in [-0.4, -0.2) is 31.9 Å². The van der Waals surface area contributed by atoms with E-state index in [0.29, 0.717) is 17.6 Å². The lowest BCUT2D eigenvalue weighted by atomic mass is 9.81. The van der Waals surface area contributed by atoms with Crippen LogP contribution >= 0.6 is 0 Å². The minimum atomic E-state index is 0.357. The van der Waals surface area contributed by atoms with Crippen molar-refractivity contribution in [1.29, 1.82) is 0 Å². The van der Waals surface area contributed by atoms with Gasteiger partial charge in [-0.15, -0.1) is 0 Å². The summed E-state index contributed by atoms with van der Waals surface area (Å²) in [6.07, 6.45) is 2.23. The molecule has 0 aliphatic carbocycles. The summed E-state index contributed by atoms with van der Waals surface area (Å²) in [4.78, 5) is 0.